The monoisotopic (exact) mass is 406 g/mol. The van der Waals surface area contributed by atoms with Crippen molar-refractivity contribution in [1.82, 2.24) is 20.1 Å². The SMILES string of the molecule is C=CCn1c(SCC(=O)NC2CCOc3ccccc32)nnc1-c1ccccc1. The third kappa shape index (κ3) is 4.35. The summed E-state index contributed by atoms with van der Waals surface area (Å²) in [6, 6.07) is 17.7. The second-order valence-corrected chi connectivity index (χ2v) is 7.60. The molecule has 0 bridgehead atoms. The molecule has 2 heterocycles. The molecule has 1 atom stereocenters. The molecule has 1 aliphatic heterocycles. The number of hydrogen-bond acceptors (Lipinski definition) is 5. The van der Waals surface area contributed by atoms with Gasteiger partial charge in [0.05, 0.1) is 18.4 Å². The van der Waals surface area contributed by atoms with Crippen LogP contribution >= 0.6 is 11.8 Å². The van der Waals surface area contributed by atoms with Crippen molar-refractivity contribution in [3.8, 4) is 17.1 Å². The number of aromatic nitrogens is 3. The van der Waals surface area contributed by atoms with Gasteiger partial charge >= 0.3 is 0 Å². The molecule has 2 aromatic carbocycles. The molecule has 4 rings (SSSR count). The minimum atomic E-state index is -0.0360. The molecular formula is C22H22N4O2S. The van der Waals surface area contributed by atoms with Crippen molar-refractivity contribution < 1.29 is 9.53 Å². The summed E-state index contributed by atoms with van der Waals surface area (Å²) in [5.74, 6) is 1.84. The standard InChI is InChI=1S/C22H22N4O2S/c1-2-13-26-21(16-8-4-3-5-9-16)24-25-22(26)29-15-20(27)23-18-12-14-28-19-11-7-6-10-17(18)19/h2-11,18H,1,12-15H2,(H,23,27). The predicted octanol–water partition coefficient (Wildman–Crippen LogP) is 3.86. The molecule has 29 heavy (non-hydrogen) atoms. The first kappa shape index (κ1) is 19.3. The summed E-state index contributed by atoms with van der Waals surface area (Å²) in [7, 11) is 0. The van der Waals surface area contributed by atoms with E-state index >= 15 is 0 Å². The maximum atomic E-state index is 12.6. The van der Waals surface area contributed by atoms with Crippen LogP contribution in [0.3, 0.4) is 0 Å². The molecule has 1 N–H and O–H groups in total. The molecule has 0 fully saturated rings. The van der Waals surface area contributed by atoms with Gasteiger partial charge in [0.1, 0.15) is 5.75 Å². The van der Waals surface area contributed by atoms with E-state index < -0.39 is 0 Å². The average Bonchev–Trinajstić information content (AvgIpc) is 3.16. The smallest absolute Gasteiger partial charge is 0.230 e. The van der Waals surface area contributed by atoms with Crippen molar-refractivity contribution >= 4 is 17.7 Å². The van der Waals surface area contributed by atoms with E-state index in [1.807, 2.05) is 59.2 Å². The van der Waals surface area contributed by atoms with Gasteiger partial charge in [0, 0.05) is 24.1 Å². The van der Waals surface area contributed by atoms with Crippen LogP contribution in [0.5, 0.6) is 5.75 Å². The van der Waals surface area contributed by atoms with Crippen molar-refractivity contribution in [2.75, 3.05) is 12.4 Å². The van der Waals surface area contributed by atoms with Gasteiger partial charge in [-0.25, -0.2) is 0 Å². The molecule has 6 nitrogen and oxygen atoms in total. The molecule has 0 aliphatic carbocycles. The third-order valence-corrected chi connectivity index (χ3v) is 5.65. The second-order valence-electron chi connectivity index (χ2n) is 6.66. The molecule has 0 saturated carbocycles. The molecular weight excluding hydrogens is 384 g/mol. The number of hydrogen-bond donors (Lipinski definition) is 1. The lowest BCUT2D eigenvalue weighted by atomic mass is 10.0. The van der Waals surface area contributed by atoms with Crippen molar-refractivity contribution in [3.63, 3.8) is 0 Å². The summed E-state index contributed by atoms with van der Waals surface area (Å²) >= 11 is 1.38. The Balaban J connectivity index is 1.44. The molecule has 148 valence electrons. The summed E-state index contributed by atoms with van der Waals surface area (Å²) in [6.07, 6.45) is 2.57. The van der Waals surface area contributed by atoms with Gasteiger partial charge in [0.2, 0.25) is 5.91 Å². The number of rotatable bonds is 7. The Kier molecular flexibility index (Phi) is 5.95. The third-order valence-electron chi connectivity index (χ3n) is 4.69. The predicted molar refractivity (Wildman–Crippen MR) is 114 cm³/mol. The number of carbonyl (C=O) groups excluding carboxylic acids is 1. The number of nitrogens with zero attached hydrogens (tertiary/aromatic N) is 3. The summed E-state index contributed by atoms with van der Waals surface area (Å²) in [5, 5.41) is 12.4. The Hall–Kier alpha value is -3.06. The van der Waals surface area contributed by atoms with E-state index in [4.69, 9.17) is 4.74 Å². The number of amides is 1. The summed E-state index contributed by atoms with van der Waals surface area (Å²) < 4.78 is 7.64. The Labute approximate surface area is 174 Å². The first-order chi connectivity index (χ1) is 14.3. The summed E-state index contributed by atoms with van der Waals surface area (Å²) in [6.45, 7) is 5.01. The Morgan fingerprint density at radius 1 is 1.21 bits per heavy atom. The Morgan fingerprint density at radius 2 is 2.00 bits per heavy atom. The van der Waals surface area contributed by atoms with Crippen LogP contribution in [0.4, 0.5) is 0 Å². The summed E-state index contributed by atoms with van der Waals surface area (Å²) in [4.78, 5) is 12.6. The zero-order chi connectivity index (χ0) is 20.1. The van der Waals surface area contributed by atoms with Crippen LogP contribution < -0.4 is 10.1 Å². The number of para-hydroxylation sites is 1. The van der Waals surface area contributed by atoms with Gasteiger partial charge < -0.3 is 10.1 Å². The van der Waals surface area contributed by atoms with Gasteiger partial charge in [-0.1, -0.05) is 66.4 Å². The van der Waals surface area contributed by atoms with E-state index in [0.29, 0.717) is 18.3 Å². The highest BCUT2D eigenvalue weighted by molar-refractivity contribution is 7.99. The maximum absolute atomic E-state index is 12.6. The van der Waals surface area contributed by atoms with Crippen molar-refractivity contribution in [3.05, 3.63) is 72.8 Å². The second kappa shape index (κ2) is 8.96. The zero-order valence-corrected chi connectivity index (χ0v) is 16.8. The highest BCUT2D eigenvalue weighted by Crippen LogP contribution is 2.31. The summed E-state index contributed by atoms with van der Waals surface area (Å²) in [5.41, 5.74) is 2.01. The van der Waals surface area contributed by atoms with Gasteiger partial charge in [0.15, 0.2) is 11.0 Å². The minimum absolute atomic E-state index is 0.0287. The first-order valence-corrected chi connectivity index (χ1v) is 10.5. The normalized spacial score (nSPS) is 15.2. The lowest BCUT2D eigenvalue weighted by Crippen LogP contribution is -2.33. The fraction of sp³-hybridized carbons (Fsp3) is 0.227. The van der Waals surface area contributed by atoms with Gasteiger partial charge in [-0.2, -0.15) is 0 Å². The highest BCUT2D eigenvalue weighted by atomic mass is 32.2. The molecule has 1 aliphatic rings. The number of fused-ring (bicyclic) bond motifs is 1. The molecule has 7 heteroatoms. The Bertz CT molecular complexity index is 1000. The van der Waals surface area contributed by atoms with E-state index in [9.17, 15) is 4.79 Å². The molecule has 0 spiro atoms. The maximum Gasteiger partial charge on any atom is 0.230 e. The molecule has 1 unspecified atom stereocenters. The number of carbonyl (C=O) groups is 1. The quantitative estimate of drug-likeness (QED) is 0.477. The van der Waals surface area contributed by atoms with E-state index in [1.54, 1.807) is 6.08 Å². The van der Waals surface area contributed by atoms with Crippen LogP contribution in [-0.2, 0) is 11.3 Å². The Morgan fingerprint density at radius 3 is 2.83 bits per heavy atom. The van der Waals surface area contributed by atoms with Crippen molar-refractivity contribution in [2.24, 2.45) is 0 Å². The van der Waals surface area contributed by atoms with Gasteiger partial charge in [-0.15, -0.1) is 16.8 Å². The minimum Gasteiger partial charge on any atom is -0.493 e. The number of nitrogens with one attached hydrogen (secondary N) is 1. The highest BCUT2D eigenvalue weighted by Gasteiger charge is 2.23. The van der Waals surface area contributed by atoms with E-state index in [2.05, 4.69) is 22.1 Å². The van der Waals surface area contributed by atoms with Crippen molar-refractivity contribution in [1.29, 1.82) is 0 Å². The molecule has 0 radical (unpaired) electrons. The van der Waals surface area contributed by atoms with E-state index in [1.165, 1.54) is 11.8 Å². The lowest BCUT2D eigenvalue weighted by Gasteiger charge is -2.26. The topological polar surface area (TPSA) is 69.0 Å². The molecule has 3 aromatic rings. The number of allylic oxidation sites excluding steroid dienone is 1. The van der Waals surface area contributed by atoms with Crippen LogP contribution in [0.2, 0.25) is 0 Å². The fourth-order valence-electron chi connectivity index (χ4n) is 3.35. The first-order valence-electron chi connectivity index (χ1n) is 9.49. The zero-order valence-electron chi connectivity index (χ0n) is 16.0. The van der Waals surface area contributed by atoms with Crippen molar-refractivity contribution in [2.45, 2.75) is 24.2 Å². The number of ether oxygens (including phenoxy) is 1. The van der Waals surface area contributed by atoms with Crippen LogP contribution in [0.25, 0.3) is 11.4 Å². The fourth-order valence-corrected chi connectivity index (χ4v) is 4.11. The van der Waals surface area contributed by atoms with Crippen LogP contribution in [0.1, 0.15) is 18.0 Å². The lowest BCUT2D eigenvalue weighted by molar-refractivity contribution is -0.119. The average molecular weight is 407 g/mol. The number of benzene rings is 2. The van der Waals surface area contributed by atoms with Gasteiger partial charge in [-0.3, -0.25) is 9.36 Å². The van der Waals surface area contributed by atoms with Gasteiger partial charge in [-0.05, 0) is 6.07 Å². The van der Waals surface area contributed by atoms with Crippen LogP contribution in [0, 0.1) is 0 Å². The number of thioether (sulfide) groups is 1. The van der Waals surface area contributed by atoms with Crippen LogP contribution in [0.15, 0.2) is 72.4 Å². The van der Waals surface area contributed by atoms with E-state index in [-0.39, 0.29) is 17.7 Å². The van der Waals surface area contributed by atoms with Gasteiger partial charge in [0.25, 0.3) is 0 Å². The van der Waals surface area contributed by atoms with Crippen LogP contribution in [-0.4, -0.2) is 33.0 Å². The van der Waals surface area contributed by atoms with E-state index in [0.717, 1.165) is 29.1 Å². The molecule has 0 saturated heterocycles. The largest absolute Gasteiger partial charge is 0.493 e. The molecule has 1 aromatic heterocycles. The molecule has 1 amide bonds.